The Hall–Kier alpha value is -0.390. The summed E-state index contributed by atoms with van der Waals surface area (Å²) in [6, 6.07) is 1.44. The first kappa shape index (κ1) is 11.7. The van der Waals surface area contributed by atoms with Crippen LogP contribution in [0.4, 0.5) is 0 Å². The van der Waals surface area contributed by atoms with Crippen molar-refractivity contribution in [1.82, 2.24) is 0 Å². The zero-order valence-electron chi connectivity index (χ0n) is 7.17. The molecule has 1 aromatic heterocycles. The third-order valence-electron chi connectivity index (χ3n) is 1.33. The summed E-state index contributed by atoms with van der Waals surface area (Å²) in [6.45, 7) is 1.83. The van der Waals surface area contributed by atoms with Crippen molar-refractivity contribution < 1.29 is 14.3 Å². The maximum Gasteiger partial charge on any atom is 0.380 e. The summed E-state index contributed by atoms with van der Waals surface area (Å²) in [5, 5.41) is 0.419. The predicted molar refractivity (Wildman–Crippen MR) is 58.0 cm³/mol. The van der Waals surface area contributed by atoms with Gasteiger partial charge in [0, 0.05) is 0 Å². The Labute approximate surface area is 98.1 Å². The Kier molecular flexibility index (Phi) is 4.10. The van der Waals surface area contributed by atoms with Crippen molar-refractivity contribution in [2.75, 3.05) is 6.61 Å². The topological polar surface area (TPSA) is 43.4 Å². The Morgan fingerprint density at radius 3 is 2.71 bits per heavy atom. The van der Waals surface area contributed by atoms with E-state index in [-0.39, 0.29) is 11.5 Å². The monoisotopic (exact) mass is 296 g/mol. The molecule has 1 heterocycles. The molecule has 0 saturated heterocycles. The van der Waals surface area contributed by atoms with E-state index >= 15 is 0 Å². The van der Waals surface area contributed by atoms with Gasteiger partial charge in [-0.2, -0.15) is 0 Å². The van der Waals surface area contributed by atoms with Gasteiger partial charge in [-0.05, 0) is 28.9 Å². The quantitative estimate of drug-likeness (QED) is 0.489. The molecule has 0 bridgehead atoms. The van der Waals surface area contributed by atoms with Crippen LogP contribution in [0.3, 0.4) is 0 Å². The molecule has 6 heteroatoms. The number of carbonyl (C=O) groups excluding carboxylic acids is 2. The van der Waals surface area contributed by atoms with Crippen LogP contribution in [-0.4, -0.2) is 18.4 Å². The maximum atomic E-state index is 11.4. The Bertz CT molecular complexity index is 355. The smallest absolute Gasteiger partial charge is 0.380 e. The minimum Gasteiger partial charge on any atom is -0.460 e. The van der Waals surface area contributed by atoms with Gasteiger partial charge in [0.15, 0.2) is 0 Å². The summed E-state index contributed by atoms with van der Waals surface area (Å²) in [7, 11) is 0. The summed E-state index contributed by atoms with van der Waals surface area (Å²) in [5.74, 6) is -1.51. The third-order valence-corrected chi connectivity index (χ3v) is 3.80. The molecule has 0 saturated carbocycles. The van der Waals surface area contributed by atoms with Crippen LogP contribution in [0.15, 0.2) is 9.85 Å². The first-order chi connectivity index (χ1) is 6.56. The van der Waals surface area contributed by atoms with E-state index < -0.39 is 11.8 Å². The molecule has 0 radical (unpaired) electrons. The molecule has 0 aromatic carbocycles. The molecule has 0 fully saturated rings. The molecule has 0 aliphatic heterocycles. The molecule has 0 unspecified atom stereocenters. The molecule has 1 aromatic rings. The van der Waals surface area contributed by atoms with E-state index in [2.05, 4.69) is 20.7 Å². The van der Waals surface area contributed by atoms with E-state index in [4.69, 9.17) is 11.6 Å². The van der Waals surface area contributed by atoms with Crippen molar-refractivity contribution in [3.8, 4) is 0 Å². The van der Waals surface area contributed by atoms with Crippen LogP contribution < -0.4 is 0 Å². The third kappa shape index (κ3) is 2.56. The lowest BCUT2D eigenvalue weighted by Crippen LogP contribution is -2.16. The lowest BCUT2D eigenvalue weighted by Gasteiger charge is -1.96. The molecular formula is C8H6BrClO3S. The number of carbonyl (C=O) groups is 2. The lowest BCUT2D eigenvalue weighted by atomic mass is 10.3. The summed E-state index contributed by atoms with van der Waals surface area (Å²) in [5.41, 5.74) is 0. The lowest BCUT2D eigenvalue weighted by molar-refractivity contribution is -0.137. The van der Waals surface area contributed by atoms with Crippen LogP contribution >= 0.6 is 38.9 Å². The van der Waals surface area contributed by atoms with Gasteiger partial charge in [0.25, 0.3) is 5.78 Å². The van der Waals surface area contributed by atoms with Crippen molar-refractivity contribution in [2.24, 2.45) is 0 Å². The van der Waals surface area contributed by atoms with Crippen molar-refractivity contribution in [1.29, 1.82) is 0 Å². The van der Waals surface area contributed by atoms with Crippen molar-refractivity contribution in [3.63, 3.8) is 0 Å². The molecule has 0 aliphatic rings. The van der Waals surface area contributed by atoms with Crippen LogP contribution in [-0.2, 0) is 9.53 Å². The fourth-order valence-electron chi connectivity index (χ4n) is 0.756. The maximum absolute atomic E-state index is 11.4. The molecule has 1 rings (SSSR count). The van der Waals surface area contributed by atoms with Gasteiger partial charge in [-0.25, -0.2) is 4.79 Å². The second-order valence-corrected chi connectivity index (χ2v) is 5.06. The first-order valence-electron chi connectivity index (χ1n) is 3.72. The van der Waals surface area contributed by atoms with Gasteiger partial charge >= 0.3 is 5.97 Å². The van der Waals surface area contributed by atoms with Crippen LogP contribution in [0, 0.1) is 0 Å². The van der Waals surface area contributed by atoms with Crippen molar-refractivity contribution >= 4 is 50.6 Å². The largest absolute Gasteiger partial charge is 0.460 e. The molecule has 14 heavy (non-hydrogen) atoms. The number of thiophene rings is 1. The fraction of sp³-hybridized carbons (Fsp3) is 0.250. The molecule has 3 nitrogen and oxygen atoms in total. The number of rotatable bonds is 3. The second-order valence-electron chi connectivity index (χ2n) is 2.28. The normalized spacial score (nSPS) is 9.93. The molecule has 76 valence electrons. The number of esters is 1. The highest BCUT2D eigenvalue weighted by Gasteiger charge is 2.20. The number of hydrogen-bond donors (Lipinski definition) is 0. The Morgan fingerprint density at radius 2 is 2.29 bits per heavy atom. The SMILES string of the molecule is CCOC(=O)C(=O)c1cc(Cl)c(Br)s1. The average molecular weight is 298 g/mol. The number of Topliss-reactive ketones (excluding diaryl/α,β-unsaturated/α-hetero) is 1. The Morgan fingerprint density at radius 1 is 1.64 bits per heavy atom. The highest BCUT2D eigenvalue weighted by atomic mass is 79.9. The van der Waals surface area contributed by atoms with E-state index in [1.54, 1.807) is 6.92 Å². The van der Waals surface area contributed by atoms with Crippen LogP contribution in [0.25, 0.3) is 0 Å². The van der Waals surface area contributed by atoms with Crippen LogP contribution in [0.2, 0.25) is 5.02 Å². The van der Waals surface area contributed by atoms with Gasteiger partial charge < -0.3 is 4.74 Å². The second kappa shape index (κ2) is 4.91. The number of ether oxygens (including phenoxy) is 1. The highest BCUT2D eigenvalue weighted by molar-refractivity contribution is 9.11. The Balaban J connectivity index is 2.84. The zero-order chi connectivity index (χ0) is 10.7. The predicted octanol–water partition coefficient (Wildman–Crippen LogP) is 2.91. The van der Waals surface area contributed by atoms with Gasteiger partial charge in [0.1, 0.15) is 0 Å². The minimum absolute atomic E-state index is 0.185. The van der Waals surface area contributed by atoms with E-state index in [9.17, 15) is 9.59 Å². The van der Waals surface area contributed by atoms with Crippen LogP contribution in [0.1, 0.15) is 16.6 Å². The van der Waals surface area contributed by atoms with Crippen LogP contribution in [0.5, 0.6) is 0 Å². The average Bonchev–Trinajstić information content (AvgIpc) is 2.46. The summed E-state index contributed by atoms with van der Waals surface area (Å²) in [6.07, 6.45) is 0. The van der Waals surface area contributed by atoms with Crippen molar-refractivity contribution in [3.05, 3.63) is 19.8 Å². The van der Waals surface area contributed by atoms with E-state index in [1.165, 1.54) is 6.07 Å². The van der Waals surface area contributed by atoms with Gasteiger partial charge in [0.2, 0.25) is 0 Å². The zero-order valence-corrected chi connectivity index (χ0v) is 10.3. The molecule has 0 atom stereocenters. The molecule has 0 amide bonds. The van der Waals surface area contributed by atoms with Gasteiger partial charge in [-0.3, -0.25) is 4.79 Å². The first-order valence-corrected chi connectivity index (χ1v) is 5.71. The van der Waals surface area contributed by atoms with Gasteiger partial charge in [0.05, 0.1) is 20.3 Å². The molecular weight excluding hydrogens is 292 g/mol. The van der Waals surface area contributed by atoms with E-state index in [0.717, 1.165) is 11.3 Å². The van der Waals surface area contributed by atoms with E-state index in [0.29, 0.717) is 8.81 Å². The van der Waals surface area contributed by atoms with Gasteiger partial charge in [-0.1, -0.05) is 11.6 Å². The van der Waals surface area contributed by atoms with E-state index in [1.807, 2.05) is 0 Å². The minimum atomic E-state index is -0.849. The number of ketones is 1. The summed E-state index contributed by atoms with van der Waals surface area (Å²) < 4.78 is 5.20. The number of halogens is 2. The number of hydrogen-bond acceptors (Lipinski definition) is 4. The van der Waals surface area contributed by atoms with Crippen molar-refractivity contribution in [2.45, 2.75) is 6.92 Å². The standard InChI is InChI=1S/C8H6BrClO3S/c1-2-13-8(12)6(11)5-3-4(10)7(9)14-5/h3H,2H2,1H3. The molecule has 0 N–H and O–H groups in total. The van der Waals surface area contributed by atoms with Gasteiger partial charge in [-0.15, -0.1) is 11.3 Å². The summed E-state index contributed by atoms with van der Waals surface area (Å²) in [4.78, 5) is 22.7. The fourth-order valence-corrected chi connectivity index (χ4v) is 2.39. The molecule has 0 aliphatic carbocycles. The summed E-state index contributed by atoms with van der Waals surface area (Å²) >= 11 is 9.98. The highest BCUT2D eigenvalue weighted by Crippen LogP contribution is 2.32. The molecule has 0 spiro atoms.